The van der Waals surface area contributed by atoms with Gasteiger partial charge < -0.3 is 14.6 Å². The van der Waals surface area contributed by atoms with Crippen molar-refractivity contribution in [2.45, 2.75) is 45.6 Å². The second-order valence-electron chi connectivity index (χ2n) is 8.61. The zero-order chi connectivity index (χ0) is 23.1. The topological polar surface area (TPSA) is 76.1 Å². The van der Waals surface area contributed by atoms with Gasteiger partial charge in [-0.25, -0.2) is 9.59 Å². The van der Waals surface area contributed by atoms with Crippen molar-refractivity contribution >= 4 is 12.1 Å². The van der Waals surface area contributed by atoms with Crippen molar-refractivity contribution < 1.29 is 24.2 Å². The standard InChI is InChI=1S/C26H33NO5/c1-4-14-27(24(25(28)29)17-31-15-13-18(2)3)26(30)32-16-23-21-11-7-5-9-19(21)20-10-6-8-12-22(20)23/h5-12,18,23-24H,4,13-17H2,1-3H3,(H,28,29). The number of amides is 1. The van der Waals surface area contributed by atoms with Gasteiger partial charge in [0.2, 0.25) is 0 Å². The smallest absolute Gasteiger partial charge is 0.410 e. The Morgan fingerprint density at radius 2 is 1.62 bits per heavy atom. The van der Waals surface area contributed by atoms with Crippen LogP contribution in [0.3, 0.4) is 0 Å². The van der Waals surface area contributed by atoms with E-state index in [4.69, 9.17) is 9.47 Å². The number of fused-ring (bicyclic) bond motifs is 3. The summed E-state index contributed by atoms with van der Waals surface area (Å²) in [5.41, 5.74) is 4.54. The third-order valence-electron chi connectivity index (χ3n) is 5.81. The van der Waals surface area contributed by atoms with Gasteiger partial charge in [0.05, 0.1) is 6.61 Å². The highest BCUT2D eigenvalue weighted by atomic mass is 16.6. The molecular formula is C26H33NO5. The Hall–Kier alpha value is -2.86. The number of ether oxygens (including phenoxy) is 2. The maximum absolute atomic E-state index is 13.0. The SMILES string of the molecule is CCCN(C(=O)OCC1c2ccccc2-c2ccccc21)C(COCCC(C)C)C(=O)O. The van der Waals surface area contributed by atoms with E-state index < -0.39 is 18.1 Å². The first-order valence-electron chi connectivity index (χ1n) is 11.4. The van der Waals surface area contributed by atoms with Gasteiger partial charge in [0, 0.05) is 19.1 Å². The Morgan fingerprint density at radius 3 is 2.16 bits per heavy atom. The highest BCUT2D eigenvalue weighted by molar-refractivity contribution is 5.81. The molecule has 2 aromatic carbocycles. The Kier molecular flexibility index (Phi) is 8.28. The average molecular weight is 440 g/mol. The van der Waals surface area contributed by atoms with E-state index in [0.717, 1.165) is 28.7 Å². The number of benzene rings is 2. The fourth-order valence-corrected chi connectivity index (χ4v) is 4.10. The summed E-state index contributed by atoms with van der Waals surface area (Å²) in [7, 11) is 0. The summed E-state index contributed by atoms with van der Waals surface area (Å²) < 4.78 is 11.3. The first-order chi connectivity index (χ1) is 15.4. The van der Waals surface area contributed by atoms with Gasteiger partial charge in [-0.15, -0.1) is 0 Å². The van der Waals surface area contributed by atoms with Crippen LogP contribution in [0.2, 0.25) is 0 Å². The molecule has 1 N–H and O–H groups in total. The summed E-state index contributed by atoms with van der Waals surface area (Å²) >= 11 is 0. The van der Waals surface area contributed by atoms with E-state index >= 15 is 0 Å². The molecule has 0 heterocycles. The third kappa shape index (κ3) is 5.49. The van der Waals surface area contributed by atoms with Gasteiger partial charge in [0.1, 0.15) is 6.61 Å². The minimum Gasteiger partial charge on any atom is -0.480 e. The van der Waals surface area contributed by atoms with Crippen LogP contribution in [0.4, 0.5) is 4.79 Å². The summed E-state index contributed by atoms with van der Waals surface area (Å²) in [5, 5.41) is 9.74. The van der Waals surface area contributed by atoms with Crippen LogP contribution in [0, 0.1) is 5.92 Å². The lowest BCUT2D eigenvalue weighted by Crippen LogP contribution is -2.48. The Balaban J connectivity index is 1.70. The van der Waals surface area contributed by atoms with Crippen LogP contribution in [-0.2, 0) is 14.3 Å². The van der Waals surface area contributed by atoms with Crippen molar-refractivity contribution in [3.8, 4) is 11.1 Å². The zero-order valence-electron chi connectivity index (χ0n) is 19.1. The molecular weight excluding hydrogens is 406 g/mol. The molecule has 0 bridgehead atoms. The van der Waals surface area contributed by atoms with Crippen LogP contribution in [-0.4, -0.2) is 54.5 Å². The van der Waals surface area contributed by atoms with Crippen molar-refractivity contribution in [3.63, 3.8) is 0 Å². The predicted octanol–water partition coefficient (Wildman–Crippen LogP) is 5.16. The number of nitrogens with zero attached hydrogens (tertiary/aromatic N) is 1. The van der Waals surface area contributed by atoms with Gasteiger partial charge in [-0.3, -0.25) is 4.90 Å². The molecule has 1 aliphatic carbocycles. The normalized spacial score (nSPS) is 13.5. The van der Waals surface area contributed by atoms with E-state index in [1.165, 1.54) is 4.90 Å². The summed E-state index contributed by atoms with van der Waals surface area (Å²) in [6.07, 6.45) is 0.846. The molecule has 0 aliphatic heterocycles. The Bertz CT molecular complexity index is 880. The van der Waals surface area contributed by atoms with Crippen molar-refractivity contribution in [1.82, 2.24) is 4.90 Å². The van der Waals surface area contributed by atoms with E-state index in [-0.39, 0.29) is 19.1 Å². The number of hydrogen-bond donors (Lipinski definition) is 1. The van der Waals surface area contributed by atoms with Crippen LogP contribution < -0.4 is 0 Å². The van der Waals surface area contributed by atoms with E-state index in [1.807, 2.05) is 31.2 Å². The van der Waals surface area contributed by atoms with Crippen molar-refractivity contribution in [3.05, 3.63) is 59.7 Å². The molecule has 1 aliphatic rings. The van der Waals surface area contributed by atoms with E-state index in [1.54, 1.807) is 0 Å². The average Bonchev–Trinajstić information content (AvgIpc) is 3.10. The number of carbonyl (C=O) groups excluding carboxylic acids is 1. The molecule has 0 spiro atoms. The molecule has 2 aromatic rings. The highest BCUT2D eigenvalue weighted by Crippen LogP contribution is 2.44. The summed E-state index contributed by atoms with van der Waals surface area (Å²) in [5.74, 6) is -0.691. The van der Waals surface area contributed by atoms with Crippen LogP contribution in [0.15, 0.2) is 48.5 Å². The van der Waals surface area contributed by atoms with E-state index in [9.17, 15) is 14.7 Å². The lowest BCUT2D eigenvalue weighted by atomic mass is 9.98. The van der Waals surface area contributed by atoms with Crippen molar-refractivity contribution in [1.29, 1.82) is 0 Å². The predicted molar refractivity (Wildman–Crippen MR) is 124 cm³/mol. The largest absolute Gasteiger partial charge is 0.480 e. The van der Waals surface area contributed by atoms with Gasteiger partial charge in [0.25, 0.3) is 0 Å². The quantitative estimate of drug-likeness (QED) is 0.489. The van der Waals surface area contributed by atoms with Crippen LogP contribution >= 0.6 is 0 Å². The monoisotopic (exact) mass is 439 g/mol. The lowest BCUT2D eigenvalue weighted by Gasteiger charge is -2.28. The first kappa shape index (κ1) is 23.8. The van der Waals surface area contributed by atoms with E-state index in [2.05, 4.69) is 38.1 Å². The second-order valence-corrected chi connectivity index (χ2v) is 8.61. The zero-order valence-corrected chi connectivity index (χ0v) is 19.1. The maximum Gasteiger partial charge on any atom is 0.410 e. The number of carbonyl (C=O) groups is 2. The molecule has 0 saturated heterocycles. The lowest BCUT2D eigenvalue weighted by molar-refractivity contribution is -0.145. The number of aliphatic carboxylic acids is 1. The number of hydrogen-bond acceptors (Lipinski definition) is 4. The van der Waals surface area contributed by atoms with Gasteiger partial charge >= 0.3 is 12.1 Å². The van der Waals surface area contributed by atoms with Gasteiger partial charge in [-0.2, -0.15) is 0 Å². The van der Waals surface area contributed by atoms with E-state index in [0.29, 0.717) is 25.5 Å². The molecule has 6 heteroatoms. The second kappa shape index (κ2) is 11.1. The van der Waals surface area contributed by atoms with Crippen LogP contribution in [0.25, 0.3) is 11.1 Å². The molecule has 3 rings (SSSR count). The molecule has 32 heavy (non-hydrogen) atoms. The molecule has 0 radical (unpaired) electrons. The number of carboxylic acids is 1. The highest BCUT2D eigenvalue weighted by Gasteiger charge is 2.33. The molecule has 0 saturated carbocycles. The number of rotatable bonds is 11. The van der Waals surface area contributed by atoms with Gasteiger partial charge in [-0.1, -0.05) is 69.3 Å². The molecule has 1 amide bonds. The number of carboxylic acid groups (broad SMARTS) is 1. The van der Waals surface area contributed by atoms with Crippen molar-refractivity contribution in [2.75, 3.05) is 26.4 Å². The molecule has 6 nitrogen and oxygen atoms in total. The summed E-state index contributed by atoms with van der Waals surface area (Å²) in [4.78, 5) is 26.2. The first-order valence-corrected chi connectivity index (χ1v) is 11.4. The molecule has 0 aromatic heterocycles. The molecule has 1 unspecified atom stereocenters. The fourth-order valence-electron chi connectivity index (χ4n) is 4.10. The molecule has 0 fully saturated rings. The van der Waals surface area contributed by atoms with Crippen LogP contribution in [0.5, 0.6) is 0 Å². The van der Waals surface area contributed by atoms with Crippen molar-refractivity contribution in [2.24, 2.45) is 5.92 Å². The van der Waals surface area contributed by atoms with Crippen LogP contribution in [0.1, 0.15) is 50.7 Å². The minimum absolute atomic E-state index is 0.0494. The third-order valence-corrected chi connectivity index (χ3v) is 5.81. The van der Waals surface area contributed by atoms with Gasteiger partial charge in [-0.05, 0) is 41.0 Å². The fraction of sp³-hybridized carbons (Fsp3) is 0.462. The summed E-state index contributed by atoms with van der Waals surface area (Å²) in [6.45, 7) is 6.94. The van der Waals surface area contributed by atoms with Gasteiger partial charge in [0.15, 0.2) is 6.04 Å². The Morgan fingerprint density at radius 1 is 1.03 bits per heavy atom. The Labute approximate surface area is 190 Å². The maximum atomic E-state index is 13.0. The molecule has 172 valence electrons. The minimum atomic E-state index is -1.09. The molecule has 1 atom stereocenters. The summed E-state index contributed by atoms with van der Waals surface area (Å²) in [6, 6.07) is 15.2.